The van der Waals surface area contributed by atoms with Crippen LogP contribution in [0.1, 0.15) is 15.9 Å². The van der Waals surface area contributed by atoms with Crippen molar-refractivity contribution in [3.05, 3.63) is 84.1 Å². The van der Waals surface area contributed by atoms with Gasteiger partial charge in [-0.15, -0.1) is 11.8 Å². The Bertz CT molecular complexity index is 853. The topological polar surface area (TPSA) is 51.2 Å². The number of carbonyl (C=O) groups excluding carboxylic acids is 1. The molecule has 4 nitrogen and oxygen atoms in total. The van der Waals surface area contributed by atoms with E-state index in [1.54, 1.807) is 18.3 Å². The molecule has 0 bridgehead atoms. The van der Waals surface area contributed by atoms with Gasteiger partial charge in [-0.2, -0.15) is 0 Å². The molecule has 0 aliphatic rings. The molecule has 3 rings (SSSR count). The molecule has 0 atom stereocenters. The lowest BCUT2D eigenvalue weighted by atomic mass is 10.2. The van der Waals surface area contributed by atoms with Gasteiger partial charge in [0.15, 0.2) is 0 Å². The molecule has 1 heterocycles. The van der Waals surface area contributed by atoms with Crippen molar-refractivity contribution in [3.63, 3.8) is 0 Å². The van der Waals surface area contributed by atoms with Crippen LogP contribution < -0.4 is 10.1 Å². The van der Waals surface area contributed by atoms with E-state index in [0.29, 0.717) is 12.1 Å². The number of aromatic nitrogens is 1. The Hall–Kier alpha value is -2.79. The van der Waals surface area contributed by atoms with Crippen molar-refractivity contribution in [1.29, 1.82) is 0 Å². The molecule has 3 aromatic rings. The first-order valence-corrected chi connectivity index (χ1v) is 9.08. The SMILES string of the molecule is CSc1ncccc1C(=O)NCc1cccc(Oc2ccccc2)c1. The molecule has 2 aromatic carbocycles. The minimum absolute atomic E-state index is 0.133. The fourth-order valence-electron chi connectivity index (χ4n) is 2.35. The fraction of sp³-hybridized carbons (Fsp3) is 0.100. The van der Waals surface area contributed by atoms with Crippen molar-refractivity contribution >= 4 is 17.7 Å². The van der Waals surface area contributed by atoms with E-state index in [1.807, 2.05) is 60.9 Å². The van der Waals surface area contributed by atoms with E-state index in [1.165, 1.54) is 11.8 Å². The number of hydrogen-bond acceptors (Lipinski definition) is 4. The van der Waals surface area contributed by atoms with E-state index in [-0.39, 0.29) is 5.91 Å². The smallest absolute Gasteiger partial charge is 0.254 e. The number of ether oxygens (including phenoxy) is 1. The number of carbonyl (C=O) groups is 1. The van der Waals surface area contributed by atoms with Crippen LogP contribution in [-0.2, 0) is 6.54 Å². The lowest BCUT2D eigenvalue weighted by molar-refractivity contribution is 0.0947. The van der Waals surface area contributed by atoms with Crippen LogP contribution in [0.2, 0.25) is 0 Å². The van der Waals surface area contributed by atoms with E-state index in [4.69, 9.17) is 4.74 Å². The first-order chi connectivity index (χ1) is 12.3. The lowest BCUT2D eigenvalue weighted by Gasteiger charge is -2.10. The van der Waals surface area contributed by atoms with Crippen molar-refractivity contribution < 1.29 is 9.53 Å². The van der Waals surface area contributed by atoms with Gasteiger partial charge in [-0.3, -0.25) is 4.79 Å². The summed E-state index contributed by atoms with van der Waals surface area (Å²) in [5, 5.41) is 3.66. The fourth-order valence-corrected chi connectivity index (χ4v) is 2.89. The van der Waals surface area contributed by atoms with Gasteiger partial charge in [0.05, 0.1) is 5.56 Å². The first-order valence-electron chi connectivity index (χ1n) is 7.85. The Kier molecular flexibility index (Phi) is 5.69. The zero-order chi connectivity index (χ0) is 17.5. The summed E-state index contributed by atoms with van der Waals surface area (Å²) in [5.41, 5.74) is 1.56. The van der Waals surface area contributed by atoms with Crippen molar-refractivity contribution in [2.45, 2.75) is 11.6 Å². The number of benzene rings is 2. The van der Waals surface area contributed by atoms with Crippen LogP contribution in [-0.4, -0.2) is 17.1 Å². The molecule has 0 fully saturated rings. The molecule has 0 spiro atoms. The van der Waals surface area contributed by atoms with Crippen LogP contribution in [0.3, 0.4) is 0 Å². The van der Waals surface area contributed by atoms with Crippen LogP contribution in [0.4, 0.5) is 0 Å². The predicted octanol–water partition coefficient (Wildman–Crippen LogP) is 4.53. The van der Waals surface area contributed by atoms with Gasteiger partial charge in [0, 0.05) is 12.7 Å². The quantitative estimate of drug-likeness (QED) is 0.664. The minimum atomic E-state index is -0.133. The van der Waals surface area contributed by atoms with Crippen molar-refractivity contribution in [2.24, 2.45) is 0 Å². The third-order valence-corrected chi connectivity index (χ3v) is 4.25. The minimum Gasteiger partial charge on any atom is -0.457 e. The number of amides is 1. The summed E-state index contributed by atoms with van der Waals surface area (Å²) >= 11 is 1.46. The number of nitrogens with zero attached hydrogens (tertiary/aromatic N) is 1. The summed E-state index contributed by atoms with van der Waals surface area (Å²) in [6.45, 7) is 0.424. The number of para-hydroxylation sites is 1. The second-order valence-corrected chi connectivity index (χ2v) is 6.10. The Morgan fingerprint density at radius 2 is 1.84 bits per heavy atom. The van der Waals surface area contributed by atoms with Gasteiger partial charge in [-0.05, 0) is 48.2 Å². The molecule has 0 aliphatic heterocycles. The summed E-state index contributed by atoms with van der Waals surface area (Å²) in [5.74, 6) is 1.39. The Balaban J connectivity index is 1.65. The molecule has 0 unspecified atom stereocenters. The number of thioether (sulfide) groups is 1. The summed E-state index contributed by atoms with van der Waals surface area (Å²) < 4.78 is 5.82. The summed E-state index contributed by atoms with van der Waals surface area (Å²) in [7, 11) is 0. The third-order valence-electron chi connectivity index (χ3n) is 3.54. The summed E-state index contributed by atoms with van der Waals surface area (Å²) in [6, 6.07) is 20.8. The molecule has 5 heteroatoms. The standard InChI is InChI=1S/C20H18N2O2S/c1-25-20-18(11-6-12-21-20)19(23)22-14-15-7-5-10-17(13-15)24-16-8-3-2-4-9-16/h2-13H,14H2,1H3,(H,22,23). The number of rotatable bonds is 6. The van der Waals surface area contributed by atoms with Crippen molar-refractivity contribution in [2.75, 3.05) is 6.26 Å². The largest absolute Gasteiger partial charge is 0.457 e. The second-order valence-electron chi connectivity index (χ2n) is 5.31. The third kappa shape index (κ3) is 4.61. The summed E-state index contributed by atoms with van der Waals surface area (Å²) in [6.07, 6.45) is 3.59. The van der Waals surface area contributed by atoms with Gasteiger partial charge < -0.3 is 10.1 Å². The van der Waals surface area contributed by atoms with Crippen LogP contribution in [0.15, 0.2) is 78.0 Å². The van der Waals surface area contributed by atoms with Gasteiger partial charge in [-0.1, -0.05) is 30.3 Å². The maximum absolute atomic E-state index is 12.4. The highest BCUT2D eigenvalue weighted by molar-refractivity contribution is 7.98. The molecule has 126 valence electrons. The predicted molar refractivity (Wildman–Crippen MR) is 100 cm³/mol. The molecule has 0 saturated heterocycles. The van der Waals surface area contributed by atoms with Gasteiger partial charge in [-0.25, -0.2) is 4.98 Å². The maximum atomic E-state index is 12.4. The van der Waals surface area contributed by atoms with Crippen LogP contribution in [0.5, 0.6) is 11.5 Å². The highest BCUT2D eigenvalue weighted by Gasteiger charge is 2.11. The van der Waals surface area contributed by atoms with E-state index >= 15 is 0 Å². The Morgan fingerprint density at radius 1 is 1.04 bits per heavy atom. The average Bonchev–Trinajstić information content (AvgIpc) is 2.67. The van der Waals surface area contributed by atoms with Crippen LogP contribution in [0, 0.1) is 0 Å². The maximum Gasteiger partial charge on any atom is 0.254 e. The van der Waals surface area contributed by atoms with Crippen LogP contribution >= 0.6 is 11.8 Å². The van der Waals surface area contributed by atoms with E-state index in [9.17, 15) is 4.79 Å². The molecular formula is C20H18N2O2S. The molecule has 0 radical (unpaired) electrons. The highest BCUT2D eigenvalue weighted by Crippen LogP contribution is 2.22. The lowest BCUT2D eigenvalue weighted by Crippen LogP contribution is -2.23. The normalized spacial score (nSPS) is 10.3. The van der Waals surface area contributed by atoms with E-state index in [2.05, 4.69) is 10.3 Å². The number of nitrogens with one attached hydrogen (secondary N) is 1. The monoisotopic (exact) mass is 350 g/mol. The van der Waals surface area contributed by atoms with Crippen molar-refractivity contribution in [1.82, 2.24) is 10.3 Å². The molecular weight excluding hydrogens is 332 g/mol. The highest BCUT2D eigenvalue weighted by atomic mass is 32.2. The number of pyridine rings is 1. The van der Waals surface area contributed by atoms with Gasteiger partial charge in [0.1, 0.15) is 16.5 Å². The van der Waals surface area contributed by atoms with E-state index in [0.717, 1.165) is 22.1 Å². The molecule has 1 aromatic heterocycles. The average molecular weight is 350 g/mol. The van der Waals surface area contributed by atoms with Gasteiger partial charge in [0.25, 0.3) is 5.91 Å². The van der Waals surface area contributed by atoms with Crippen LogP contribution in [0.25, 0.3) is 0 Å². The van der Waals surface area contributed by atoms with E-state index < -0.39 is 0 Å². The summed E-state index contributed by atoms with van der Waals surface area (Å²) in [4.78, 5) is 16.6. The molecule has 1 amide bonds. The van der Waals surface area contributed by atoms with Gasteiger partial charge >= 0.3 is 0 Å². The second kappa shape index (κ2) is 8.35. The molecule has 0 aliphatic carbocycles. The van der Waals surface area contributed by atoms with Gasteiger partial charge in [0.2, 0.25) is 0 Å². The van der Waals surface area contributed by atoms with Crippen molar-refractivity contribution in [3.8, 4) is 11.5 Å². The zero-order valence-corrected chi connectivity index (χ0v) is 14.6. The Labute approximate surface area is 151 Å². The molecule has 25 heavy (non-hydrogen) atoms. The molecule has 0 saturated carbocycles. The zero-order valence-electron chi connectivity index (χ0n) is 13.8. The first kappa shape index (κ1) is 17.0. The Morgan fingerprint density at radius 3 is 2.64 bits per heavy atom. The molecule has 1 N–H and O–H groups in total. The number of hydrogen-bond donors (Lipinski definition) is 1.